The fourth-order valence-corrected chi connectivity index (χ4v) is 0.830. The summed E-state index contributed by atoms with van der Waals surface area (Å²) in [6.45, 7) is 1.63. The van der Waals surface area contributed by atoms with Crippen LogP contribution in [0.1, 0.15) is 26.2 Å². The molecule has 0 aliphatic rings. The van der Waals surface area contributed by atoms with Gasteiger partial charge in [0, 0.05) is 0 Å². The van der Waals surface area contributed by atoms with Crippen molar-refractivity contribution >= 4 is 12.4 Å². The molecule has 0 spiro atoms. The second-order valence-corrected chi connectivity index (χ2v) is 2.87. The molecular weight excluding hydrogens is 176 g/mol. The number of hydrogen-bond donors (Lipinski definition) is 2. The van der Waals surface area contributed by atoms with Gasteiger partial charge in [-0.15, -0.1) is 0 Å². The normalized spacial score (nSPS) is 14.7. The van der Waals surface area contributed by atoms with Crippen molar-refractivity contribution in [1.29, 1.82) is 0 Å². The van der Waals surface area contributed by atoms with E-state index in [9.17, 15) is 9.59 Å². The summed E-state index contributed by atoms with van der Waals surface area (Å²) >= 11 is 0. The second-order valence-electron chi connectivity index (χ2n) is 2.87. The van der Waals surface area contributed by atoms with Crippen LogP contribution in [0.5, 0.6) is 0 Å². The lowest BCUT2D eigenvalue weighted by Crippen LogP contribution is -2.17. The second kappa shape index (κ2) is 6.56. The first-order valence-electron chi connectivity index (χ1n) is 4.05. The average Bonchev–Trinajstić information content (AvgIpc) is 2.01. The van der Waals surface area contributed by atoms with Gasteiger partial charge in [0.05, 0.1) is 18.6 Å². The highest BCUT2D eigenvalue weighted by atomic mass is 16.6. The number of esters is 1. The number of carbonyl (C=O) groups excluding carboxylic acids is 2. The Morgan fingerprint density at radius 2 is 2.08 bits per heavy atom. The Hall–Kier alpha value is -0.940. The Bertz CT molecular complexity index is 166. The quantitative estimate of drug-likeness (QED) is 0.338. The SMILES string of the molecule is CC(O)CCC(O)CC(=O)OC=O. The summed E-state index contributed by atoms with van der Waals surface area (Å²) in [5, 5.41) is 18.0. The van der Waals surface area contributed by atoms with Gasteiger partial charge in [-0.1, -0.05) is 0 Å². The lowest BCUT2D eigenvalue weighted by Gasteiger charge is -2.09. The van der Waals surface area contributed by atoms with Gasteiger partial charge in [-0.2, -0.15) is 0 Å². The molecule has 0 saturated carbocycles. The zero-order chi connectivity index (χ0) is 10.3. The van der Waals surface area contributed by atoms with Gasteiger partial charge in [0.2, 0.25) is 0 Å². The van der Waals surface area contributed by atoms with Crippen LogP contribution in [0.2, 0.25) is 0 Å². The molecule has 0 aliphatic carbocycles. The van der Waals surface area contributed by atoms with Crippen LogP contribution in [-0.2, 0) is 14.3 Å². The van der Waals surface area contributed by atoms with Gasteiger partial charge in [-0.05, 0) is 19.8 Å². The molecule has 0 aromatic carbocycles. The van der Waals surface area contributed by atoms with Gasteiger partial charge in [-0.25, -0.2) is 0 Å². The molecule has 0 aromatic heterocycles. The third-order valence-corrected chi connectivity index (χ3v) is 1.50. The third kappa shape index (κ3) is 7.42. The lowest BCUT2D eigenvalue weighted by atomic mass is 10.1. The molecule has 5 nitrogen and oxygen atoms in total. The Balaban J connectivity index is 3.55. The van der Waals surface area contributed by atoms with Crippen LogP contribution in [-0.4, -0.2) is 34.9 Å². The highest BCUT2D eigenvalue weighted by Gasteiger charge is 2.12. The highest BCUT2D eigenvalue weighted by Crippen LogP contribution is 2.05. The molecule has 13 heavy (non-hydrogen) atoms. The van der Waals surface area contributed by atoms with Crippen molar-refractivity contribution in [1.82, 2.24) is 0 Å². The van der Waals surface area contributed by atoms with E-state index in [0.717, 1.165) is 0 Å². The van der Waals surface area contributed by atoms with E-state index in [1.165, 1.54) is 0 Å². The minimum Gasteiger partial charge on any atom is -0.395 e. The van der Waals surface area contributed by atoms with Crippen LogP contribution in [0.3, 0.4) is 0 Å². The maximum absolute atomic E-state index is 10.6. The molecule has 2 unspecified atom stereocenters. The summed E-state index contributed by atoms with van der Waals surface area (Å²) in [5.74, 6) is -0.756. The number of aliphatic hydroxyl groups is 2. The Labute approximate surface area is 76.3 Å². The third-order valence-electron chi connectivity index (χ3n) is 1.50. The number of carbonyl (C=O) groups is 2. The largest absolute Gasteiger partial charge is 0.395 e. The van der Waals surface area contributed by atoms with E-state index in [0.29, 0.717) is 12.8 Å². The van der Waals surface area contributed by atoms with Gasteiger partial charge in [0.25, 0.3) is 0 Å². The molecule has 0 bridgehead atoms. The molecule has 0 aliphatic heterocycles. The molecule has 0 amide bonds. The van der Waals surface area contributed by atoms with E-state index in [1.54, 1.807) is 6.92 Å². The van der Waals surface area contributed by atoms with Crippen LogP contribution >= 0.6 is 0 Å². The predicted molar refractivity (Wildman–Crippen MR) is 43.7 cm³/mol. The lowest BCUT2D eigenvalue weighted by molar-refractivity contribution is -0.152. The van der Waals surface area contributed by atoms with Gasteiger partial charge in [0.15, 0.2) is 0 Å². The molecule has 2 N–H and O–H groups in total. The van der Waals surface area contributed by atoms with E-state index >= 15 is 0 Å². The van der Waals surface area contributed by atoms with E-state index in [4.69, 9.17) is 10.2 Å². The molecule has 76 valence electrons. The minimum atomic E-state index is -0.859. The van der Waals surface area contributed by atoms with Crippen molar-refractivity contribution in [2.45, 2.75) is 38.4 Å². The van der Waals surface area contributed by atoms with Crippen molar-refractivity contribution in [2.24, 2.45) is 0 Å². The fourth-order valence-electron chi connectivity index (χ4n) is 0.830. The molecule has 5 heteroatoms. The number of ether oxygens (including phenoxy) is 1. The number of hydrogen-bond acceptors (Lipinski definition) is 5. The van der Waals surface area contributed by atoms with Crippen LogP contribution in [0.25, 0.3) is 0 Å². The molecule has 0 heterocycles. The zero-order valence-corrected chi connectivity index (χ0v) is 7.47. The van der Waals surface area contributed by atoms with E-state index in [1.807, 2.05) is 0 Å². The molecular formula is C8H14O5. The van der Waals surface area contributed by atoms with Crippen LogP contribution in [0.4, 0.5) is 0 Å². The van der Waals surface area contributed by atoms with Crippen LogP contribution < -0.4 is 0 Å². The Morgan fingerprint density at radius 1 is 1.46 bits per heavy atom. The van der Waals surface area contributed by atoms with E-state index in [-0.39, 0.29) is 12.9 Å². The summed E-state index contributed by atoms with van der Waals surface area (Å²) in [6.07, 6.45) is -0.856. The number of aliphatic hydroxyl groups excluding tert-OH is 2. The summed E-state index contributed by atoms with van der Waals surface area (Å²) < 4.78 is 3.98. The predicted octanol–water partition coefficient (Wildman–Crippen LogP) is -0.402. The molecule has 2 atom stereocenters. The Kier molecular flexibility index (Phi) is 6.09. The van der Waals surface area contributed by atoms with Gasteiger partial charge >= 0.3 is 12.4 Å². The van der Waals surface area contributed by atoms with Gasteiger partial charge in [0.1, 0.15) is 0 Å². The molecule has 0 saturated heterocycles. The first-order chi connectivity index (χ1) is 6.06. The van der Waals surface area contributed by atoms with Gasteiger partial charge in [-0.3, -0.25) is 9.59 Å². The first-order valence-corrected chi connectivity index (χ1v) is 4.05. The first kappa shape index (κ1) is 12.1. The van der Waals surface area contributed by atoms with Crippen molar-refractivity contribution in [2.75, 3.05) is 0 Å². The van der Waals surface area contributed by atoms with E-state index < -0.39 is 18.2 Å². The summed E-state index contributed by atoms with van der Waals surface area (Å²) in [6, 6.07) is 0. The maximum atomic E-state index is 10.6. The Morgan fingerprint density at radius 3 is 2.54 bits per heavy atom. The summed E-state index contributed by atoms with van der Waals surface area (Å²) in [4.78, 5) is 20.3. The monoisotopic (exact) mass is 190 g/mol. The van der Waals surface area contributed by atoms with Crippen molar-refractivity contribution < 1.29 is 24.5 Å². The highest BCUT2D eigenvalue weighted by molar-refractivity contribution is 5.76. The smallest absolute Gasteiger partial charge is 0.315 e. The standard InChI is InChI=1S/C8H14O5/c1-6(10)2-3-7(11)4-8(12)13-5-9/h5-7,10-11H,2-4H2,1H3. The molecule has 0 aromatic rings. The summed E-state index contributed by atoms with van der Waals surface area (Å²) in [5.41, 5.74) is 0. The van der Waals surface area contributed by atoms with Crippen molar-refractivity contribution in [3.8, 4) is 0 Å². The molecule has 0 rings (SSSR count). The fraction of sp³-hybridized carbons (Fsp3) is 0.750. The van der Waals surface area contributed by atoms with Crippen molar-refractivity contribution in [3.63, 3.8) is 0 Å². The molecule has 0 fully saturated rings. The van der Waals surface area contributed by atoms with Crippen LogP contribution in [0.15, 0.2) is 0 Å². The number of rotatable bonds is 6. The molecule has 0 radical (unpaired) electrons. The average molecular weight is 190 g/mol. The topological polar surface area (TPSA) is 83.8 Å². The van der Waals surface area contributed by atoms with E-state index in [2.05, 4.69) is 4.74 Å². The minimum absolute atomic E-state index is 0.0315. The maximum Gasteiger partial charge on any atom is 0.315 e. The van der Waals surface area contributed by atoms with Crippen LogP contribution in [0, 0.1) is 0 Å². The summed E-state index contributed by atoms with van der Waals surface area (Å²) in [7, 11) is 0. The van der Waals surface area contributed by atoms with Gasteiger partial charge < -0.3 is 14.9 Å². The van der Waals surface area contributed by atoms with Crippen molar-refractivity contribution in [3.05, 3.63) is 0 Å². The zero-order valence-electron chi connectivity index (χ0n) is 7.47.